The maximum absolute atomic E-state index is 10.8. The molecule has 0 heterocycles. The minimum atomic E-state index is 0.398. The zero-order valence-corrected chi connectivity index (χ0v) is 11.6. The summed E-state index contributed by atoms with van der Waals surface area (Å²) in [4.78, 5) is 10.8. The summed E-state index contributed by atoms with van der Waals surface area (Å²) < 4.78 is 0. The number of ketones is 1. The molecule has 94 valence electrons. The summed E-state index contributed by atoms with van der Waals surface area (Å²) in [7, 11) is 1.50. The van der Waals surface area contributed by atoms with Crippen LogP contribution in [0, 0.1) is 5.92 Å². The molecule has 1 aliphatic carbocycles. The standard InChI is InChI=1S/C8H14O.2C2H6.CH5N/c1-7(9)8-5-3-2-4-6-8;3*1-2/h8H,2-6H2,1H3;2*1-2H3;2H2,1H3. The summed E-state index contributed by atoms with van der Waals surface area (Å²) >= 11 is 0. The van der Waals surface area contributed by atoms with Crippen LogP contribution in [0.15, 0.2) is 0 Å². The fraction of sp³-hybridized carbons (Fsp3) is 0.923. The zero-order chi connectivity index (χ0) is 12.7. The van der Waals surface area contributed by atoms with Gasteiger partial charge in [0, 0.05) is 5.92 Å². The Morgan fingerprint density at radius 1 is 0.933 bits per heavy atom. The zero-order valence-electron chi connectivity index (χ0n) is 11.6. The Balaban J connectivity index is -0.000000208. The van der Waals surface area contributed by atoms with Gasteiger partial charge in [0.2, 0.25) is 0 Å². The van der Waals surface area contributed by atoms with Gasteiger partial charge in [-0.15, -0.1) is 0 Å². The van der Waals surface area contributed by atoms with E-state index in [1.807, 2.05) is 27.7 Å². The van der Waals surface area contributed by atoms with Crippen molar-refractivity contribution in [3.8, 4) is 0 Å². The average Bonchev–Trinajstić information content (AvgIpc) is 2.38. The molecule has 0 spiro atoms. The monoisotopic (exact) mass is 217 g/mol. The third-order valence-electron chi connectivity index (χ3n) is 2.18. The van der Waals surface area contributed by atoms with E-state index in [1.165, 1.54) is 26.3 Å². The first-order valence-electron chi connectivity index (χ1n) is 6.39. The number of carbonyl (C=O) groups excluding carboxylic acids is 1. The van der Waals surface area contributed by atoms with Gasteiger partial charge in [-0.25, -0.2) is 0 Å². The van der Waals surface area contributed by atoms with Gasteiger partial charge in [0.05, 0.1) is 0 Å². The Kier molecular flexibility index (Phi) is 25.8. The van der Waals surface area contributed by atoms with Crippen LogP contribution < -0.4 is 5.73 Å². The smallest absolute Gasteiger partial charge is 0.132 e. The minimum Gasteiger partial charge on any atom is -0.333 e. The van der Waals surface area contributed by atoms with Crippen LogP contribution in [0.4, 0.5) is 0 Å². The first-order chi connectivity index (χ1) is 7.30. The first kappa shape index (κ1) is 20.1. The quantitative estimate of drug-likeness (QED) is 0.726. The highest BCUT2D eigenvalue weighted by Crippen LogP contribution is 2.23. The summed E-state index contributed by atoms with van der Waals surface area (Å²) in [5, 5.41) is 0. The summed E-state index contributed by atoms with van der Waals surface area (Å²) in [6, 6.07) is 0. The van der Waals surface area contributed by atoms with Gasteiger partial charge >= 0.3 is 0 Å². The van der Waals surface area contributed by atoms with Crippen molar-refractivity contribution in [2.45, 2.75) is 66.7 Å². The molecule has 0 aliphatic heterocycles. The Morgan fingerprint density at radius 2 is 1.27 bits per heavy atom. The predicted molar refractivity (Wildman–Crippen MR) is 70.1 cm³/mol. The highest BCUT2D eigenvalue weighted by Gasteiger charge is 2.16. The molecule has 0 aromatic heterocycles. The molecule has 0 amide bonds. The largest absolute Gasteiger partial charge is 0.333 e. The Labute approximate surface area is 96.6 Å². The van der Waals surface area contributed by atoms with Crippen LogP contribution in [0.25, 0.3) is 0 Å². The summed E-state index contributed by atoms with van der Waals surface area (Å²) in [5.41, 5.74) is 4.50. The summed E-state index contributed by atoms with van der Waals surface area (Å²) in [6.07, 6.45) is 6.17. The van der Waals surface area contributed by atoms with Crippen LogP contribution in [0.3, 0.4) is 0 Å². The fourth-order valence-corrected chi connectivity index (χ4v) is 1.51. The van der Waals surface area contributed by atoms with Crippen LogP contribution in [0.5, 0.6) is 0 Å². The molecule has 1 fully saturated rings. The number of nitrogens with two attached hydrogens (primary N) is 1. The van der Waals surface area contributed by atoms with Crippen LogP contribution in [-0.4, -0.2) is 12.8 Å². The normalized spacial score (nSPS) is 14.3. The van der Waals surface area contributed by atoms with Gasteiger partial charge < -0.3 is 5.73 Å². The number of carbonyl (C=O) groups is 1. The van der Waals surface area contributed by atoms with Gasteiger partial charge in [0.25, 0.3) is 0 Å². The van der Waals surface area contributed by atoms with Crippen LogP contribution >= 0.6 is 0 Å². The second-order valence-corrected chi connectivity index (χ2v) is 2.95. The molecule has 0 aromatic rings. The minimum absolute atomic E-state index is 0.398. The van der Waals surface area contributed by atoms with E-state index >= 15 is 0 Å². The molecule has 0 saturated heterocycles. The van der Waals surface area contributed by atoms with Crippen molar-refractivity contribution in [1.29, 1.82) is 0 Å². The number of hydrogen-bond acceptors (Lipinski definition) is 2. The van der Waals surface area contributed by atoms with Crippen molar-refractivity contribution in [3.63, 3.8) is 0 Å². The predicted octanol–water partition coefficient (Wildman–Crippen LogP) is 3.78. The molecule has 0 radical (unpaired) electrons. The van der Waals surface area contributed by atoms with Crippen molar-refractivity contribution in [3.05, 3.63) is 0 Å². The van der Waals surface area contributed by atoms with Crippen molar-refractivity contribution < 1.29 is 4.79 Å². The van der Waals surface area contributed by atoms with Gasteiger partial charge in [-0.2, -0.15) is 0 Å². The maximum Gasteiger partial charge on any atom is 0.132 e. The second kappa shape index (κ2) is 19.2. The molecule has 1 aliphatic rings. The van der Waals surface area contributed by atoms with E-state index in [-0.39, 0.29) is 0 Å². The number of hydrogen-bond donors (Lipinski definition) is 1. The highest BCUT2D eigenvalue weighted by molar-refractivity contribution is 5.78. The molecule has 2 N–H and O–H groups in total. The fourth-order valence-electron chi connectivity index (χ4n) is 1.51. The highest BCUT2D eigenvalue weighted by atomic mass is 16.1. The van der Waals surface area contributed by atoms with Gasteiger partial charge in [-0.3, -0.25) is 4.79 Å². The Hall–Kier alpha value is -0.370. The third kappa shape index (κ3) is 13.6. The van der Waals surface area contributed by atoms with Crippen LogP contribution in [0.1, 0.15) is 66.7 Å². The lowest BCUT2D eigenvalue weighted by atomic mass is 9.87. The van der Waals surface area contributed by atoms with Crippen molar-refractivity contribution in [1.82, 2.24) is 0 Å². The van der Waals surface area contributed by atoms with Gasteiger partial charge in [0.1, 0.15) is 5.78 Å². The lowest BCUT2D eigenvalue weighted by Gasteiger charge is -2.17. The molecular formula is C13H31NO. The topological polar surface area (TPSA) is 43.1 Å². The molecule has 1 saturated carbocycles. The molecule has 0 bridgehead atoms. The van der Waals surface area contributed by atoms with Crippen LogP contribution in [0.2, 0.25) is 0 Å². The van der Waals surface area contributed by atoms with E-state index in [2.05, 4.69) is 5.73 Å². The third-order valence-corrected chi connectivity index (χ3v) is 2.18. The SMILES string of the molecule is CC.CC.CC(=O)C1CCCCC1.CN. The van der Waals surface area contributed by atoms with Gasteiger partial charge in [0.15, 0.2) is 0 Å². The first-order valence-corrected chi connectivity index (χ1v) is 6.39. The molecule has 0 unspecified atom stereocenters. The molecule has 0 aromatic carbocycles. The lowest BCUT2D eigenvalue weighted by Crippen LogP contribution is -2.13. The second-order valence-electron chi connectivity index (χ2n) is 2.95. The van der Waals surface area contributed by atoms with Crippen LogP contribution in [-0.2, 0) is 4.79 Å². The molecule has 2 nitrogen and oxygen atoms in total. The molecular weight excluding hydrogens is 186 g/mol. The lowest BCUT2D eigenvalue weighted by molar-refractivity contribution is -0.121. The average molecular weight is 217 g/mol. The van der Waals surface area contributed by atoms with Crippen molar-refractivity contribution >= 4 is 5.78 Å². The molecule has 0 atom stereocenters. The van der Waals surface area contributed by atoms with Gasteiger partial charge in [-0.1, -0.05) is 47.0 Å². The van der Waals surface area contributed by atoms with E-state index < -0.39 is 0 Å². The Bertz CT molecular complexity index is 107. The maximum atomic E-state index is 10.8. The van der Waals surface area contributed by atoms with E-state index in [0.29, 0.717) is 11.7 Å². The van der Waals surface area contributed by atoms with Gasteiger partial charge in [-0.05, 0) is 26.8 Å². The van der Waals surface area contributed by atoms with Crippen molar-refractivity contribution in [2.24, 2.45) is 11.7 Å². The number of rotatable bonds is 1. The van der Waals surface area contributed by atoms with Crippen molar-refractivity contribution in [2.75, 3.05) is 7.05 Å². The number of Topliss-reactive ketones (excluding diaryl/α,β-unsaturated/α-hetero) is 1. The summed E-state index contributed by atoms with van der Waals surface area (Å²) in [5.74, 6) is 0.813. The molecule has 15 heavy (non-hydrogen) atoms. The molecule has 2 heteroatoms. The Morgan fingerprint density at radius 3 is 1.47 bits per heavy atom. The molecule has 1 rings (SSSR count). The summed E-state index contributed by atoms with van der Waals surface area (Å²) in [6.45, 7) is 9.72. The van der Waals surface area contributed by atoms with E-state index in [0.717, 1.165) is 12.8 Å². The van der Waals surface area contributed by atoms with E-state index in [9.17, 15) is 4.79 Å². The van der Waals surface area contributed by atoms with E-state index in [4.69, 9.17) is 0 Å². The van der Waals surface area contributed by atoms with E-state index in [1.54, 1.807) is 6.92 Å².